The fourth-order valence-corrected chi connectivity index (χ4v) is 4.55. The van der Waals surface area contributed by atoms with Crippen LogP contribution >= 0.6 is 11.6 Å². The molecule has 0 N–H and O–H groups in total. The average Bonchev–Trinajstić information content (AvgIpc) is 3.29. The summed E-state index contributed by atoms with van der Waals surface area (Å²) in [5.41, 5.74) is 4.12. The van der Waals surface area contributed by atoms with Gasteiger partial charge in [-0.2, -0.15) is 0 Å². The summed E-state index contributed by atoms with van der Waals surface area (Å²) in [7, 11) is 0. The molecule has 0 aliphatic heterocycles. The lowest BCUT2D eigenvalue weighted by molar-refractivity contribution is -0.401. The summed E-state index contributed by atoms with van der Waals surface area (Å²) in [5, 5.41) is 12.7. The second-order valence-corrected chi connectivity index (χ2v) is 6.99. The van der Waals surface area contributed by atoms with Crippen LogP contribution in [0.4, 0.5) is 5.88 Å². The van der Waals surface area contributed by atoms with E-state index in [9.17, 15) is 10.1 Å². The van der Waals surface area contributed by atoms with Crippen LogP contribution in [0.15, 0.2) is 34.7 Å². The molecule has 1 fully saturated rings. The molecule has 2 aromatic heterocycles. The van der Waals surface area contributed by atoms with Gasteiger partial charge in [0.05, 0.1) is 11.6 Å². The van der Waals surface area contributed by atoms with Crippen molar-refractivity contribution in [3.63, 3.8) is 0 Å². The third-order valence-corrected chi connectivity index (χ3v) is 5.52. The molecule has 2 heterocycles. The highest BCUT2D eigenvalue weighted by atomic mass is 35.5. The van der Waals surface area contributed by atoms with Crippen molar-refractivity contribution in [1.82, 2.24) is 4.98 Å². The fourth-order valence-electron chi connectivity index (χ4n) is 4.37. The first-order chi connectivity index (χ1) is 11.6. The molecule has 5 rings (SSSR count). The monoisotopic (exact) mass is 340 g/mol. The van der Waals surface area contributed by atoms with Crippen LogP contribution in [-0.4, -0.2) is 9.91 Å². The third kappa shape index (κ3) is 1.85. The number of pyridine rings is 1. The van der Waals surface area contributed by atoms with E-state index in [0.717, 1.165) is 29.4 Å². The first kappa shape index (κ1) is 14.0. The Morgan fingerprint density at radius 2 is 1.96 bits per heavy atom. The maximum absolute atomic E-state index is 10.9. The number of nitrogens with zero attached hydrogens (tertiary/aromatic N) is 2. The second kappa shape index (κ2) is 4.80. The topological polar surface area (TPSA) is 69.2 Å². The van der Waals surface area contributed by atoms with Gasteiger partial charge in [0, 0.05) is 10.4 Å². The largest absolute Gasteiger partial charge is 0.433 e. The van der Waals surface area contributed by atoms with E-state index in [1.54, 1.807) is 6.07 Å². The molecule has 0 spiro atoms. The predicted molar refractivity (Wildman–Crippen MR) is 90.4 cm³/mol. The molecule has 0 radical (unpaired) electrons. The molecular formula is C18H13ClN2O3. The Kier molecular flexibility index (Phi) is 2.80. The van der Waals surface area contributed by atoms with Crippen molar-refractivity contribution >= 4 is 28.4 Å². The normalized spacial score (nSPS) is 21.4. The maximum atomic E-state index is 10.9. The first-order valence-electron chi connectivity index (χ1n) is 7.99. The zero-order valence-corrected chi connectivity index (χ0v) is 13.4. The number of halogens is 1. The van der Waals surface area contributed by atoms with Crippen molar-refractivity contribution in [3.8, 4) is 11.5 Å². The highest BCUT2D eigenvalue weighted by molar-refractivity contribution is 6.31. The minimum Gasteiger partial charge on any atom is -0.399 e. The minimum absolute atomic E-state index is 0.250. The van der Waals surface area contributed by atoms with Gasteiger partial charge in [0.25, 0.3) is 0 Å². The predicted octanol–water partition coefficient (Wildman–Crippen LogP) is 5.42. The van der Waals surface area contributed by atoms with Gasteiger partial charge in [0.2, 0.25) is 0 Å². The number of furan rings is 1. The van der Waals surface area contributed by atoms with Gasteiger partial charge in [-0.1, -0.05) is 11.6 Å². The van der Waals surface area contributed by atoms with Gasteiger partial charge in [-0.3, -0.25) is 10.1 Å². The molecule has 5 nitrogen and oxygen atoms in total. The Bertz CT molecular complexity index is 1010. The fraction of sp³-hybridized carbons (Fsp3) is 0.278. The van der Waals surface area contributed by atoms with Crippen molar-refractivity contribution in [2.45, 2.75) is 31.1 Å². The van der Waals surface area contributed by atoms with Crippen molar-refractivity contribution < 1.29 is 9.34 Å². The van der Waals surface area contributed by atoms with Crippen molar-refractivity contribution in [1.29, 1.82) is 0 Å². The van der Waals surface area contributed by atoms with Gasteiger partial charge in [0.1, 0.15) is 10.6 Å². The van der Waals surface area contributed by atoms with Crippen molar-refractivity contribution in [2.75, 3.05) is 0 Å². The van der Waals surface area contributed by atoms with Crippen LogP contribution in [0.2, 0.25) is 5.02 Å². The van der Waals surface area contributed by atoms with E-state index < -0.39 is 4.92 Å². The lowest BCUT2D eigenvalue weighted by Crippen LogP contribution is -2.04. The van der Waals surface area contributed by atoms with Gasteiger partial charge in [-0.15, -0.1) is 0 Å². The van der Waals surface area contributed by atoms with Crippen molar-refractivity contribution in [3.05, 3.63) is 56.6 Å². The molecule has 3 aromatic rings. The van der Waals surface area contributed by atoms with Gasteiger partial charge in [-0.25, -0.2) is 4.98 Å². The Morgan fingerprint density at radius 3 is 2.71 bits per heavy atom. The Labute approximate surface area is 142 Å². The van der Waals surface area contributed by atoms with Crippen LogP contribution in [0.3, 0.4) is 0 Å². The van der Waals surface area contributed by atoms with Crippen LogP contribution < -0.4 is 0 Å². The first-order valence-corrected chi connectivity index (χ1v) is 8.37. The van der Waals surface area contributed by atoms with E-state index >= 15 is 0 Å². The lowest BCUT2D eigenvalue weighted by atomic mass is 9.87. The average molecular weight is 341 g/mol. The number of nitro groups is 1. The molecule has 24 heavy (non-hydrogen) atoms. The van der Waals surface area contributed by atoms with E-state index in [0.29, 0.717) is 22.6 Å². The van der Waals surface area contributed by atoms with Gasteiger partial charge < -0.3 is 4.42 Å². The zero-order chi connectivity index (χ0) is 16.4. The van der Waals surface area contributed by atoms with Crippen LogP contribution in [0.1, 0.15) is 42.2 Å². The molecule has 2 unspecified atom stereocenters. The molecule has 2 atom stereocenters. The number of benzene rings is 1. The molecule has 2 bridgehead atoms. The molecular weight excluding hydrogens is 328 g/mol. The summed E-state index contributed by atoms with van der Waals surface area (Å²) in [5.74, 6) is 1.21. The zero-order valence-electron chi connectivity index (χ0n) is 12.7. The smallest absolute Gasteiger partial charge is 0.399 e. The number of rotatable bonds is 2. The van der Waals surface area contributed by atoms with Crippen LogP contribution in [0, 0.1) is 10.1 Å². The van der Waals surface area contributed by atoms with Crippen LogP contribution in [0.25, 0.3) is 22.4 Å². The van der Waals surface area contributed by atoms with Gasteiger partial charge >= 0.3 is 5.88 Å². The second-order valence-electron chi connectivity index (χ2n) is 6.55. The molecule has 2 aliphatic carbocycles. The quantitative estimate of drug-likeness (QED) is 0.461. The molecule has 0 saturated heterocycles. The standard InChI is InChI=1S/C18H13ClN2O3/c19-11-3-4-13-12(8-11)16-9-1-2-10(7-9)17(16)18(20-13)14-5-6-15(24-14)21(22)23/h3-6,8-10H,1-2,7H2. The highest BCUT2D eigenvalue weighted by Crippen LogP contribution is 2.57. The Balaban J connectivity index is 1.82. The van der Waals surface area contributed by atoms with E-state index in [1.165, 1.54) is 23.6 Å². The molecule has 1 saturated carbocycles. The summed E-state index contributed by atoms with van der Waals surface area (Å²) in [6.45, 7) is 0. The van der Waals surface area contributed by atoms with Gasteiger partial charge in [-0.05, 0) is 66.5 Å². The Morgan fingerprint density at radius 1 is 1.17 bits per heavy atom. The summed E-state index contributed by atoms with van der Waals surface area (Å²) in [4.78, 5) is 15.2. The number of fused-ring (bicyclic) bond motifs is 7. The number of hydrogen-bond donors (Lipinski definition) is 0. The van der Waals surface area contributed by atoms with E-state index in [1.807, 2.05) is 18.2 Å². The SMILES string of the molecule is O=[N+]([O-])c1ccc(-c2nc3ccc(Cl)cc3c3c2C2CCC3C2)o1. The lowest BCUT2D eigenvalue weighted by Gasteiger charge is -2.20. The van der Waals surface area contributed by atoms with E-state index in [-0.39, 0.29) is 5.88 Å². The van der Waals surface area contributed by atoms with Crippen molar-refractivity contribution in [2.24, 2.45) is 0 Å². The summed E-state index contributed by atoms with van der Waals surface area (Å²) >= 11 is 6.20. The highest BCUT2D eigenvalue weighted by Gasteiger charge is 2.41. The molecule has 120 valence electrons. The number of aromatic nitrogens is 1. The van der Waals surface area contributed by atoms with Gasteiger partial charge in [0.15, 0.2) is 5.76 Å². The number of hydrogen-bond acceptors (Lipinski definition) is 4. The summed E-state index contributed by atoms with van der Waals surface area (Å²) in [6, 6.07) is 8.75. The molecule has 2 aliphatic rings. The maximum Gasteiger partial charge on any atom is 0.433 e. The summed E-state index contributed by atoms with van der Waals surface area (Å²) < 4.78 is 5.45. The van der Waals surface area contributed by atoms with E-state index in [2.05, 4.69) is 0 Å². The van der Waals surface area contributed by atoms with Crippen LogP contribution in [0.5, 0.6) is 0 Å². The summed E-state index contributed by atoms with van der Waals surface area (Å²) in [6.07, 6.45) is 3.45. The molecule has 1 aromatic carbocycles. The third-order valence-electron chi connectivity index (χ3n) is 5.28. The molecule has 6 heteroatoms. The van der Waals surface area contributed by atoms with E-state index in [4.69, 9.17) is 21.0 Å². The van der Waals surface area contributed by atoms with Crippen LogP contribution in [-0.2, 0) is 0 Å². The molecule has 0 amide bonds. The minimum atomic E-state index is -0.517. The Hall–Kier alpha value is -2.40.